The number of anilines is 1. The second-order valence-corrected chi connectivity index (χ2v) is 6.10. The first-order valence-electron chi connectivity index (χ1n) is 6.46. The van der Waals surface area contributed by atoms with Crippen LogP contribution >= 0.6 is 0 Å². The van der Waals surface area contributed by atoms with Gasteiger partial charge in [-0.1, -0.05) is 6.92 Å². The van der Waals surface area contributed by atoms with Crippen LogP contribution in [0.3, 0.4) is 0 Å². The summed E-state index contributed by atoms with van der Waals surface area (Å²) in [7, 11) is -3.71. The van der Waals surface area contributed by atoms with Crippen molar-refractivity contribution in [2.24, 2.45) is 0 Å². The summed E-state index contributed by atoms with van der Waals surface area (Å²) in [4.78, 5) is 11.9. The molecule has 10 heteroatoms. The minimum atomic E-state index is -3.71. The molecule has 0 aliphatic heterocycles. The van der Waals surface area contributed by atoms with Crippen molar-refractivity contribution in [2.45, 2.75) is 31.2 Å². The number of H-pyrrole nitrogens is 1. The summed E-state index contributed by atoms with van der Waals surface area (Å²) in [5, 5.41) is 9.27. The molecule has 1 atom stereocenters. The van der Waals surface area contributed by atoms with Gasteiger partial charge in [0.25, 0.3) is 0 Å². The van der Waals surface area contributed by atoms with Crippen molar-refractivity contribution < 1.29 is 8.42 Å². The van der Waals surface area contributed by atoms with E-state index in [-0.39, 0.29) is 4.90 Å². The Kier molecular flexibility index (Phi) is 4.81. The lowest BCUT2D eigenvalue weighted by molar-refractivity contribution is 0.559. The first kappa shape index (κ1) is 15.3. The van der Waals surface area contributed by atoms with E-state index in [4.69, 9.17) is 0 Å². The SMILES string of the molecule is CCCNc1ncc(S(=O)(=O)NC(C)c2ncn[nH]2)cn1. The molecule has 0 aliphatic rings. The van der Waals surface area contributed by atoms with E-state index in [9.17, 15) is 8.42 Å². The van der Waals surface area contributed by atoms with Crippen LogP contribution in [0.2, 0.25) is 0 Å². The average molecular weight is 311 g/mol. The van der Waals surface area contributed by atoms with Gasteiger partial charge in [-0.3, -0.25) is 5.10 Å². The van der Waals surface area contributed by atoms with Gasteiger partial charge >= 0.3 is 0 Å². The Morgan fingerprint density at radius 2 is 2.00 bits per heavy atom. The Bertz CT molecular complexity index is 654. The van der Waals surface area contributed by atoms with Crippen LogP contribution < -0.4 is 10.0 Å². The molecule has 0 aliphatic carbocycles. The Hall–Kier alpha value is -2.07. The summed E-state index contributed by atoms with van der Waals surface area (Å²) in [5.41, 5.74) is 0. The minimum Gasteiger partial charge on any atom is -0.354 e. The van der Waals surface area contributed by atoms with E-state index in [1.165, 1.54) is 18.7 Å². The van der Waals surface area contributed by atoms with Gasteiger partial charge in [-0.05, 0) is 13.3 Å². The number of hydrogen-bond acceptors (Lipinski definition) is 7. The molecule has 2 aromatic heterocycles. The first-order valence-corrected chi connectivity index (χ1v) is 7.94. The molecule has 2 aromatic rings. The normalized spacial score (nSPS) is 13.0. The second-order valence-electron chi connectivity index (χ2n) is 4.38. The van der Waals surface area contributed by atoms with E-state index in [0.717, 1.165) is 13.0 Å². The summed E-state index contributed by atoms with van der Waals surface area (Å²) in [6.07, 6.45) is 4.78. The minimum absolute atomic E-state index is 0.00378. The molecule has 21 heavy (non-hydrogen) atoms. The predicted molar refractivity (Wildman–Crippen MR) is 75.9 cm³/mol. The predicted octanol–water partition coefficient (Wildman–Crippen LogP) is 0.456. The Balaban J connectivity index is 2.08. The summed E-state index contributed by atoms with van der Waals surface area (Å²) in [6, 6.07) is -0.532. The standard InChI is InChI=1S/C11H17N7O2S/c1-3-4-12-11-13-5-9(6-14-11)21(19,20)18-8(2)10-15-7-16-17-10/h5-8,18H,3-4H2,1-2H3,(H,12,13,14)(H,15,16,17). The molecule has 3 N–H and O–H groups in total. The van der Waals surface area contributed by atoms with Crippen molar-refractivity contribution in [1.82, 2.24) is 29.9 Å². The number of nitrogens with one attached hydrogen (secondary N) is 3. The van der Waals surface area contributed by atoms with Crippen molar-refractivity contribution in [3.63, 3.8) is 0 Å². The molecular weight excluding hydrogens is 294 g/mol. The number of aromatic amines is 1. The highest BCUT2D eigenvalue weighted by molar-refractivity contribution is 7.89. The molecule has 0 fully saturated rings. The van der Waals surface area contributed by atoms with Crippen LogP contribution in [0.25, 0.3) is 0 Å². The molecule has 0 saturated carbocycles. The van der Waals surface area contributed by atoms with Gasteiger partial charge in [-0.25, -0.2) is 28.1 Å². The second kappa shape index (κ2) is 6.59. The van der Waals surface area contributed by atoms with Crippen molar-refractivity contribution in [3.05, 3.63) is 24.5 Å². The van der Waals surface area contributed by atoms with E-state index in [1.807, 2.05) is 6.92 Å². The van der Waals surface area contributed by atoms with E-state index in [1.54, 1.807) is 6.92 Å². The third kappa shape index (κ3) is 3.95. The van der Waals surface area contributed by atoms with Gasteiger partial charge in [0.05, 0.1) is 18.4 Å². The van der Waals surface area contributed by atoms with E-state index >= 15 is 0 Å². The maximum absolute atomic E-state index is 12.2. The van der Waals surface area contributed by atoms with Crippen LogP contribution in [0.15, 0.2) is 23.6 Å². The third-order valence-electron chi connectivity index (χ3n) is 2.65. The fourth-order valence-corrected chi connectivity index (χ4v) is 2.66. The van der Waals surface area contributed by atoms with Gasteiger partial charge in [0.1, 0.15) is 17.0 Å². The molecule has 0 saturated heterocycles. The van der Waals surface area contributed by atoms with E-state index < -0.39 is 16.1 Å². The van der Waals surface area contributed by atoms with Gasteiger partial charge < -0.3 is 5.32 Å². The zero-order chi connectivity index (χ0) is 15.3. The highest BCUT2D eigenvalue weighted by Gasteiger charge is 2.20. The van der Waals surface area contributed by atoms with Gasteiger partial charge in [0, 0.05) is 6.54 Å². The molecule has 0 spiro atoms. The van der Waals surface area contributed by atoms with E-state index in [2.05, 4.69) is 35.2 Å². The van der Waals surface area contributed by atoms with Crippen LogP contribution in [-0.4, -0.2) is 40.1 Å². The van der Waals surface area contributed by atoms with E-state index in [0.29, 0.717) is 11.8 Å². The molecular formula is C11H17N7O2S. The van der Waals surface area contributed by atoms with Crippen LogP contribution in [0.5, 0.6) is 0 Å². The zero-order valence-electron chi connectivity index (χ0n) is 11.7. The quantitative estimate of drug-likeness (QED) is 0.678. The largest absolute Gasteiger partial charge is 0.354 e. The maximum atomic E-state index is 12.2. The van der Waals surface area contributed by atoms with Gasteiger partial charge in [-0.2, -0.15) is 5.10 Å². The molecule has 0 aromatic carbocycles. The van der Waals surface area contributed by atoms with Crippen LogP contribution in [-0.2, 0) is 10.0 Å². The highest BCUT2D eigenvalue weighted by Crippen LogP contribution is 2.13. The number of hydrogen-bond donors (Lipinski definition) is 3. The summed E-state index contributed by atoms with van der Waals surface area (Å²) in [6.45, 7) is 4.41. The van der Waals surface area contributed by atoms with Gasteiger partial charge in [0.15, 0.2) is 0 Å². The smallest absolute Gasteiger partial charge is 0.244 e. The zero-order valence-corrected chi connectivity index (χ0v) is 12.6. The Morgan fingerprint density at radius 3 is 2.57 bits per heavy atom. The first-order chi connectivity index (χ1) is 10.0. The molecule has 1 unspecified atom stereocenters. The van der Waals surface area contributed by atoms with Crippen LogP contribution in [0, 0.1) is 0 Å². The lowest BCUT2D eigenvalue weighted by Crippen LogP contribution is -2.28. The lowest BCUT2D eigenvalue weighted by atomic mass is 10.3. The monoisotopic (exact) mass is 311 g/mol. The summed E-state index contributed by atoms with van der Waals surface area (Å²) >= 11 is 0. The van der Waals surface area contributed by atoms with Gasteiger partial charge in [-0.15, -0.1) is 0 Å². The van der Waals surface area contributed by atoms with Gasteiger partial charge in [0.2, 0.25) is 16.0 Å². The van der Waals surface area contributed by atoms with Crippen molar-refractivity contribution in [3.8, 4) is 0 Å². The molecule has 9 nitrogen and oxygen atoms in total. The molecule has 2 rings (SSSR count). The average Bonchev–Trinajstić information content (AvgIpc) is 2.99. The summed E-state index contributed by atoms with van der Waals surface area (Å²) in [5.74, 6) is 0.833. The molecule has 0 radical (unpaired) electrons. The molecule has 2 heterocycles. The topological polar surface area (TPSA) is 126 Å². The van der Waals surface area contributed by atoms with Crippen LogP contribution in [0.4, 0.5) is 5.95 Å². The Morgan fingerprint density at radius 1 is 1.29 bits per heavy atom. The number of sulfonamides is 1. The lowest BCUT2D eigenvalue weighted by Gasteiger charge is -2.11. The maximum Gasteiger partial charge on any atom is 0.244 e. The molecule has 0 amide bonds. The fourth-order valence-electron chi connectivity index (χ4n) is 1.56. The number of rotatable bonds is 7. The van der Waals surface area contributed by atoms with Crippen molar-refractivity contribution in [2.75, 3.05) is 11.9 Å². The highest BCUT2D eigenvalue weighted by atomic mass is 32.2. The third-order valence-corrected chi connectivity index (χ3v) is 4.14. The molecule has 114 valence electrons. The summed E-state index contributed by atoms with van der Waals surface area (Å²) < 4.78 is 26.9. The number of aromatic nitrogens is 5. The number of nitrogens with zero attached hydrogens (tertiary/aromatic N) is 4. The fraction of sp³-hybridized carbons (Fsp3) is 0.455. The molecule has 0 bridgehead atoms. The Labute approximate surface area is 122 Å². The van der Waals surface area contributed by atoms with Crippen molar-refractivity contribution >= 4 is 16.0 Å². The van der Waals surface area contributed by atoms with Crippen LogP contribution in [0.1, 0.15) is 32.1 Å². The van der Waals surface area contributed by atoms with Crippen molar-refractivity contribution in [1.29, 1.82) is 0 Å².